The Bertz CT molecular complexity index is 820. The van der Waals surface area contributed by atoms with Crippen molar-refractivity contribution in [2.75, 3.05) is 7.11 Å². The van der Waals surface area contributed by atoms with E-state index in [2.05, 4.69) is 0 Å². The fourth-order valence-electron chi connectivity index (χ4n) is 2.54. The highest BCUT2D eigenvalue weighted by Gasteiger charge is 2.42. The molecule has 0 atom stereocenters. The zero-order chi connectivity index (χ0) is 15.3. The van der Waals surface area contributed by atoms with Crippen molar-refractivity contribution >= 4 is 51.3 Å². The van der Waals surface area contributed by atoms with Crippen LogP contribution in [0.3, 0.4) is 0 Å². The second kappa shape index (κ2) is 5.14. The predicted molar refractivity (Wildman–Crippen MR) is 90.8 cm³/mol. The minimum Gasteiger partial charge on any atom is -0.493 e. The number of carbonyl (C=O) groups is 1. The second-order valence-corrected chi connectivity index (χ2v) is 6.99. The lowest BCUT2D eigenvalue weighted by Crippen LogP contribution is -2.29. The molecule has 1 aromatic carbocycles. The van der Waals surface area contributed by atoms with Gasteiger partial charge in [-0.25, -0.2) is 0 Å². The molecule has 2 heterocycles. The van der Waals surface area contributed by atoms with Gasteiger partial charge in [0.1, 0.15) is 10.1 Å². The maximum Gasteiger partial charge on any atom is 0.266 e. The number of thioether (sulfide) groups is 1. The molecule has 0 unspecified atom stereocenters. The maximum atomic E-state index is 12.4. The molecule has 112 valence electrons. The van der Waals surface area contributed by atoms with E-state index in [1.54, 1.807) is 18.1 Å². The van der Waals surface area contributed by atoms with Crippen LogP contribution < -0.4 is 4.74 Å². The van der Waals surface area contributed by atoms with Gasteiger partial charge in [0.2, 0.25) is 0 Å². The van der Waals surface area contributed by atoms with Gasteiger partial charge in [0, 0.05) is 17.5 Å². The minimum absolute atomic E-state index is 0.00933. The molecule has 4 nitrogen and oxygen atoms in total. The third-order valence-electron chi connectivity index (χ3n) is 3.76. The van der Waals surface area contributed by atoms with Crippen LogP contribution in [-0.2, 0) is 4.79 Å². The van der Waals surface area contributed by atoms with Crippen LogP contribution in [0.25, 0.3) is 17.0 Å². The van der Waals surface area contributed by atoms with Crippen LogP contribution in [0.15, 0.2) is 33.6 Å². The van der Waals surface area contributed by atoms with Crippen LogP contribution in [0.2, 0.25) is 0 Å². The first-order chi connectivity index (χ1) is 10.7. The molecule has 4 rings (SSSR count). The molecule has 1 saturated heterocycles. The van der Waals surface area contributed by atoms with Crippen molar-refractivity contribution in [2.45, 2.75) is 18.9 Å². The normalized spacial score (nSPS) is 20.4. The molecule has 22 heavy (non-hydrogen) atoms. The van der Waals surface area contributed by atoms with Crippen LogP contribution in [0, 0.1) is 0 Å². The van der Waals surface area contributed by atoms with E-state index < -0.39 is 0 Å². The molecule has 1 saturated carbocycles. The summed E-state index contributed by atoms with van der Waals surface area (Å²) in [6, 6.07) is 7.92. The first-order valence-electron chi connectivity index (χ1n) is 7.01. The standard InChI is InChI=1S/C16H13NO3S2/c1-19-12-4-2-3-9-7-11(20-14(9)12)8-13-15(18)17(10-5-6-10)16(21)22-13/h2-4,7-8,10H,5-6H2,1H3/b13-8-. The smallest absolute Gasteiger partial charge is 0.266 e. The van der Waals surface area contributed by atoms with E-state index in [0.29, 0.717) is 32.4 Å². The third kappa shape index (κ3) is 2.23. The van der Waals surface area contributed by atoms with Gasteiger partial charge in [-0.1, -0.05) is 36.1 Å². The SMILES string of the molecule is COc1cccc2cc(/C=C3\SC(=S)N(C4CC4)C3=O)oc12. The molecule has 1 aliphatic carbocycles. The Balaban J connectivity index is 1.71. The molecule has 6 heteroatoms. The van der Waals surface area contributed by atoms with E-state index in [-0.39, 0.29) is 5.91 Å². The van der Waals surface area contributed by atoms with Gasteiger partial charge < -0.3 is 9.15 Å². The van der Waals surface area contributed by atoms with Crippen molar-refractivity contribution in [1.29, 1.82) is 0 Å². The number of carbonyl (C=O) groups excluding carboxylic acids is 1. The van der Waals surface area contributed by atoms with Gasteiger partial charge >= 0.3 is 0 Å². The molecule has 1 aromatic heterocycles. The quantitative estimate of drug-likeness (QED) is 0.632. The van der Waals surface area contributed by atoms with Gasteiger partial charge in [-0.3, -0.25) is 9.69 Å². The van der Waals surface area contributed by atoms with E-state index in [9.17, 15) is 4.79 Å². The summed E-state index contributed by atoms with van der Waals surface area (Å²) >= 11 is 6.65. The number of benzene rings is 1. The van der Waals surface area contributed by atoms with Crippen LogP contribution >= 0.6 is 24.0 Å². The Labute approximate surface area is 137 Å². The number of amides is 1. The highest BCUT2D eigenvalue weighted by molar-refractivity contribution is 8.26. The number of methoxy groups -OCH3 is 1. The molecule has 2 fully saturated rings. The summed E-state index contributed by atoms with van der Waals surface area (Å²) < 4.78 is 11.8. The molecule has 0 bridgehead atoms. The van der Waals surface area contributed by atoms with Gasteiger partial charge in [0.05, 0.1) is 12.0 Å². The van der Waals surface area contributed by atoms with Crippen LogP contribution in [0.5, 0.6) is 5.75 Å². The number of para-hydroxylation sites is 1. The number of nitrogens with zero attached hydrogens (tertiary/aromatic N) is 1. The van der Waals surface area contributed by atoms with Crippen molar-refractivity contribution in [3.63, 3.8) is 0 Å². The summed E-state index contributed by atoms with van der Waals surface area (Å²) in [4.78, 5) is 14.8. The van der Waals surface area contributed by atoms with E-state index in [1.165, 1.54) is 11.8 Å². The largest absolute Gasteiger partial charge is 0.493 e. The zero-order valence-corrected chi connectivity index (χ0v) is 13.5. The van der Waals surface area contributed by atoms with Gasteiger partial charge in [-0.05, 0) is 25.0 Å². The summed E-state index contributed by atoms with van der Waals surface area (Å²) in [6.45, 7) is 0. The highest BCUT2D eigenvalue weighted by Crippen LogP contribution is 2.40. The van der Waals surface area contributed by atoms with E-state index >= 15 is 0 Å². The van der Waals surface area contributed by atoms with Crippen LogP contribution in [0.1, 0.15) is 18.6 Å². The van der Waals surface area contributed by atoms with E-state index in [1.807, 2.05) is 24.3 Å². The van der Waals surface area contributed by atoms with Crippen molar-refractivity contribution in [2.24, 2.45) is 0 Å². The van der Waals surface area contributed by atoms with Crippen molar-refractivity contribution in [3.05, 3.63) is 34.9 Å². The van der Waals surface area contributed by atoms with E-state index in [4.69, 9.17) is 21.4 Å². The highest BCUT2D eigenvalue weighted by atomic mass is 32.2. The molecule has 2 aliphatic rings. The molecular weight excluding hydrogens is 318 g/mol. The van der Waals surface area contributed by atoms with Gasteiger partial charge in [-0.15, -0.1) is 0 Å². The Kier molecular flexibility index (Phi) is 3.23. The lowest BCUT2D eigenvalue weighted by Gasteiger charge is -2.11. The topological polar surface area (TPSA) is 42.7 Å². The van der Waals surface area contributed by atoms with Crippen LogP contribution in [0.4, 0.5) is 0 Å². The Morgan fingerprint density at radius 2 is 2.27 bits per heavy atom. The molecule has 1 aliphatic heterocycles. The zero-order valence-electron chi connectivity index (χ0n) is 11.9. The molecule has 0 N–H and O–H groups in total. The number of rotatable bonds is 3. The first-order valence-corrected chi connectivity index (χ1v) is 8.23. The van der Waals surface area contributed by atoms with Gasteiger partial charge in [0.15, 0.2) is 11.3 Å². The number of thiocarbonyl (C=S) groups is 1. The lowest BCUT2D eigenvalue weighted by atomic mass is 10.2. The first kappa shape index (κ1) is 13.8. The molecule has 2 aromatic rings. The van der Waals surface area contributed by atoms with Crippen LogP contribution in [-0.4, -0.2) is 28.3 Å². The average Bonchev–Trinajstić information content (AvgIpc) is 3.18. The monoisotopic (exact) mass is 331 g/mol. The molecule has 0 spiro atoms. The van der Waals surface area contributed by atoms with Gasteiger partial charge in [0.25, 0.3) is 5.91 Å². The summed E-state index contributed by atoms with van der Waals surface area (Å²) in [5.74, 6) is 1.31. The summed E-state index contributed by atoms with van der Waals surface area (Å²) in [7, 11) is 1.61. The predicted octanol–water partition coefficient (Wildman–Crippen LogP) is 3.81. The third-order valence-corrected chi connectivity index (χ3v) is 5.09. The number of hydrogen-bond donors (Lipinski definition) is 0. The second-order valence-electron chi connectivity index (χ2n) is 5.31. The van der Waals surface area contributed by atoms with Crippen molar-refractivity contribution in [3.8, 4) is 5.75 Å². The number of fused-ring (bicyclic) bond motifs is 1. The van der Waals surface area contributed by atoms with Crippen molar-refractivity contribution < 1.29 is 13.9 Å². The fraction of sp³-hybridized carbons (Fsp3) is 0.250. The maximum absolute atomic E-state index is 12.4. The molecule has 1 amide bonds. The number of furan rings is 1. The Hall–Kier alpha value is -1.79. The summed E-state index contributed by atoms with van der Waals surface area (Å²) in [5, 5.41) is 0.947. The van der Waals surface area contributed by atoms with E-state index in [0.717, 1.165) is 18.2 Å². The Morgan fingerprint density at radius 3 is 3.00 bits per heavy atom. The molecular formula is C16H13NO3S2. The summed E-state index contributed by atoms with van der Waals surface area (Å²) in [6.07, 6.45) is 3.85. The lowest BCUT2D eigenvalue weighted by molar-refractivity contribution is -0.122. The minimum atomic E-state index is -0.00933. The number of hydrogen-bond acceptors (Lipinski definition) is 5. The summed E-state index contributed by atoms with van der Waals surface area (Å²) in [5.41, 5.74) is 0.689. The van der Waals surface area contributed by atoms with Gasteiger partial charge in [-0.2, -0.15) is 0 Å². The van der Waals surface area contributed by atoms with Crippen molar-refractivity contribution in [1.82, 2.24) is 4.90 Å². The fourth-order valence-corrected chi connectivity index (χ4v) is 3.93. The molecule has 0 radical (unpaired) electrons. The Morgan fingerprint density at radius 1 is 1.45 bits per heavy atom. The average molecular weight is 331 g/mol. The number of ether oxygens (including phenoxy) is 1.